The van der Waals surface area contributed by atoms with Crippen molar-refractivity contribution in [2.24, 2.45) is 0 Å². The summed E-state index contributed by atoms with van der Waals surface area (Å²) in [5, 5.41) is 7.93. The number of benzene rings is 1. The van der Waals surface area contributed by atoms with Crippen LogP contribution in [0.2, 0.25) is 0 Å². The van der Waals surface area contributed by atoms with Gasteiger partial charge in [-0.2, -0.15) is 0 Å². The predicted molar refractivity (Wildman–Crippen MR) is 83.7 cm³/mol. The van der Waals surface area contributed by atoms with Gasteiger partial charge >= 0.3 is 0 Å². The van der Waals surface area contributed by atoms with E-state index >= 15 is 0 Å². The van der Waals surface area contributed by atoms with Crippen LogP contribution in [-0.4, -0.2) is 31.4 Å². The summed E-state index contributed by atoms with van der Waals surface area (Å²) in [6, 6.07) is 13.4. The van der Waals surface area contributed by atoms with E-state index < -0.39 is 10.0 Å². The first-order valence-corrected chi connectivity index (χ1v) is 8.24. The molecule has 0 saturated carbocycles. The van der Waals surface area contributed by atoms with E-state index in [9.17, 15) is 8.42 Å². The Bertz CT molecular complexity index is 672. The smallest absolute Gasteiger partial charge is 0.233 e. The van der Waals surface area contributed by atoms with Gasteiger partial charge in [-0.25, -0.2) is 8.42 Å². The van der Waals surface area contributed by atoms with Crippen LogP contribution in [0.25, 0.3) is 0 Å². The van der Waals surface area contributed by atoms with E-state index in [-0.39, 0.29) is 11.6 Å². The predicted octanol–water partition coefficient (Wildman–Crippen LogP) is 1.87. The van der Waals surface area contributed by atoms with Crippen molar-refractivity contribution < 1.29 is 8.42 Å². The Morgan fingerprint density at radius 3 is 2.38 bits per heavy atom. The van der Waals surface area contributed by atoms with Crippen LogP contribution < -0.4 is 9.62 Å². The molecule has 0 unspecified atom stereocenters. The van der Waals surface area contributed by atoms with Crippen molar-refractivity contribution in [3.63, 3.8) is 0 Å². The van der Waals surface area contributed by atoms with Crippen molar-refractivity contribution in [3.05, 3.63) is 48.0 Å². The molecule has 1 N–H and O–H groups in total. The molecule has 2 rings (SSSR count). The molecule has 21 heavy (non-hydrogen) atoms. The summed E-state index contributed by atoms with van der Waals surface area (Å²) in [6.07, 6.45) is 0. The van der Waals surface area contributed by atoms with Crippen LogP contribution >= 0.6 is 0 Å². The molecule has 6 nitrogen and oxygen atoms in total. The summed E-state index contributed by atoms with van der Waals surface area (Å²) in [6.45, 7) is 2.27. The summed E-state index contributed by atoms with van der Waals surface area (Å²) >= 11 is 0. The van der Waals surface area contributed by atoms with E-state index in [1.165, 1.54) is 0 Å². The molecule has 1 heterocycles. The lowest BCUT2D eigenvalue weighted by molar-refractivity contribution is 0.602. The lowest BCUT2D eigenvalue weighted by atomic mass is 10.2. The fourth-order valence-electron chi connectivity index (χ4n) is 1.75. The van der Waals surface area contributed by atoms with Gasteiger partial charge in [0.15, 0.2) is 11.6 Å². The zero-order chi connectivity index (χ0) is 15.3. The van der Waals surface area contributed by atoms with E-state index in [1.807, 2.05) is 42.3 Å². The number of sulfonamides is 1. The maximum atomic E-state index is 11.4. The average molecular weight is 306 g/mol. The van der Waals surface area contributed by atoms with E-state index in [0.717, 1.165) is 5.56 Å². The summed E-state index contributed by atoms with van der Waals surface area (Å²) in [5.41, 5.74) is 1.16. The molecule has 0 saturated heterocycles. The van der Waals surface area contributed by atoms with E-state index in [1.54, 1.807) is 19.1 Å². The van der Waals surface area contributed by atoms with Gasteiger partial charge in [0.05, 0.1) is 5.75 Å². The largest absolute Gasteiger partial charge is 0.354 e. The molecule has 0 aliphatic rings. The number of rotatable bonds is 6. The number of hydrogen-bond donors (Lipinski definition) is 1. The van der Waals surface area contributed by atoms with Crippen molar-refractivity contribution in [2.75, 3.05) is 22.4 Å². The quantitative estimate of drug-likeness (QED) is 0.882. The number of aromatic nitrogens is 2. The molecule has 1 aromatic carbocycles. The Morgan fingerprint density at radius 1 is 1.10 bits per heavy atom. The van der Waals surface area contributed by atoms with Crippen LogP contribution in [0.5, 0.6) is 0 Å². The first-order valence-electron chi connectivity index (χ1n) is 6.59. The zero-order valence-corrected chi connectivity index (χ0v) is 12.8. The molecule has 0 spiro atoms. The summed E-state index contributed by atoms with van der Waals surface area (Å²) in [5.74, 6) is 0.914. The topological polar surface area (TPSA) is 75.2 Å². The van der Waals surface area contributed by atoms with Gasteiger partial charge in [0.2, 0.25) is 10.0 Å². The Hall–Kier alpha value is -2.15. The standard InChI is InChI=1S/C14H18N4O2S/c1-3-21(19,20)17-13-9-10-14(16-15-13)18(2)11-12-7-5-4-6-8-12/h4-10H,3,11H2,1-2H3,(H,15,17). The van der Waals surface area contributed by atoms with Crippen molar-refractivity contribution in [2.45, 2.75) is 13.5 Å². The minimum absolute atomic E-state index is 0.00431. The average Bonchev–Trinajstić information content (AvgIpc) is 2.48. The highest BCUT2D eigenvalue weighted by Gasteiger charge is 2.09. The SMILES string of the molecule is CCS(=O)(=O)Nc1ccc(N(C)Cc2ccccc2)nn1. The van der Waals surface area contributed by atoms with Crippen molar-refractivity contribution >= 4 is 21.7 Å². The Kier molecular flexibility index (Phi) is 4.74. The second kappa shape index (κ2) is 6.53. The highest BCUT2D eigenvalue weighted by atomic mass is 32.2. The third-order valence-electron chi connectivity index (χ3n) is 2.94. The molecule has 0 atom stereocenters. The van der Waals surface area contributed by atoms with Gasteiger partial charge in [-0.05, 0) is 24.6 Å². The maximum Gasteiger partial charge on any atom is 0.233 e. The first kappa shape index (κ1) is 15.2. The third kappa shape index (κ3) is 4.42. The second-order valence-corrected chi connectivity index (χ2v) is 6.63. The lowest BCUT2D eigenvalue weighted by Crippen LogP contribution is -2.19. The molecule has 0 radical (unpaired) electrons. The fourth-order valence-corrected chi connectivity index (χ4v) is 2.32. The molecule has 2 aromatic rings. The van der Waals surface area contributed by atoms with Gasteiger partial charge in [-0.3, -0.25) is 4.72 Å². The van der Waals surface area contributed by atoms with Crippen molar-refractivity contribution in [3.8, 4) is 0 Å². The van der Waals surface area contributed by atoms with Crippen LogP contribution in [0.3, 0.4) is 0 Å². The van der Waals surface area contributed by atoms with Crippen LogP contribution in [-0.2, 0) is 16.6 Å². The zero-order valence-electron chi connectivity index (χ0n) is 12.0. The van der Waals surface area contributed by atoms with Crippen LogP contribution in [0.15, 0.2) is 42.5 Å². The monoisotopic (exact) mass is 306 g/mol. The van der Waals surface area contributed by atoms with Gasteiger partial charge in [0, 0.05) is 13.6 Å². The van der Waals surface area contributed by atoms with Gasteiger partial charge < -0.3 is 4.90 Å². The molecule has 7 heteroatoms. The minimum Gasteiger partial charge on any atom is -0.354 e. The van der Waals surface area contributed by atoms with Crippen LogP contribution in [0.4, 0.5) is 11.6 Å². The summed E-state index contributed by atoms with van der Waals surface area (Å²) in [7, 11) is -1.41. The van der Waals surface area contributed by atoms with Crippen molar-refractivity contribution in [1.82, 2.24) is 10.2 Å². The van der Waals surface area contributed by atoms with E-state index in [2.05, 4.69) is 14.9 Å². The highest BCUT2D eigenvalue weighted by molar-refractivity contribution is 7.92. The Labute approximate surface area is 124 Å². The Balaban J connectivity index is 2.05. The maximum absolute atomic E-state index is 11.4. The fraction of sp³-hybridized carbons (Fsp3) is 0.286. The molecule has 0 amide bonds. The first-order chi connectivity index (χ1) is 10.00. The molecule has 0 fully saturated rings. The van der Waals surface area contributed by atoms with Crippen molar-refractivity contribution in [1.29, 1.82) is 0 Å². The van der Waals surface area contributed by atoms with Gasteiger partial charge in [-0.15, -0.1) is 10.2 Å². The number of hydrogen-bond acceptors (Lipinski definition) is 5. The number of nitrogens with zero attached hydrogens (tertiary/aromatic N) is 3. The van der Waals surface area contributed by atoms with E-state index in [4.69, 9.17) is 0 Å². The molecule has 0 bridgehead atoms. The number of anilines is 2. The molecule has 0 aliphatic heterocycles. The summed E-state index contributed by atoms with van der Waals surface area (Å²) < 4.78 is 25.2. The lowest BCUT2D eigenvalue weighted by Gasteiger charge is -2.17. The normalized spacial score (nSPS) is 11.1. The highest BCUT2D eigenvalue weighted by Crippen LogP contribution is 2.14. The van der Waals surface area contributed by atoms with E-state index in [0.29, 0.717) is 12.4 Å². The minimum atomic E-state index is -3.32. The van der Waals surface area contributed by atoms with Gasteiger partial charge in [-0.1, -0.05) is 30.3 Å². The van der Waals surface area contributed by atoms with Crippen LogP contribution in [0.1, 0.15) is 12.5 Å². The molecular formula is C14H18N4O2S. The summed E-state index contributed by atoms with van der Waals surface area (Å²) in [4.78, 5) is 1.94. The van der Waals surface area contributed by atoms with Crippen LogP contribution in [0, 0.1) is 0 Å². The third-order valence-corrected chi connectivity index (χ3v) is 4.22. The second-order valence-electron chi connectivity index (χ2n) is 4.62. The van der Waals surface area contributed by atoms with Gasteiger partial charge in [0.25, 0.3) is 0 Å². The Morgan fingerprint density at radius 2 is 1.81 bits per heavy atom. The molecule has 112 valence electrons. The van der Waals surface area contributed by atoms with Gasteiger partial charge in [0.1, 0.15) is 0 Å². The molecule has 0 aliphatic carbocycles. The number of nitrogens with one attached hydrogen (secondary N) is 1. The molecule has 1 aromatic heterocycles. The molecular weight excluding hydrogens is 288 g/mol.